The number of nitrogens with two attached hydrogens (primary N) is 1. The van der Waals surface area contributed by atoms with E-state index in [0.717, 1.165) is 4.90 Å². The molecule has 0 radical (unpaired) electrons. The van der Waals surface area contributed by atoms with Gasteiger partial charge in [-0.15, -0.1) is 0 Å². The van der Waals surface area contributed by atoms with Crippen molar-refractivity contribution < 1.29 is 123 Å². The maximum Gasteiger partial charge on any atom is 0.470 e. The number of phosphoric acid groups is 6. The second-order valence-corrected chi connectivity index (χ2v) is 15.2. The molecule has 1 aliphatic carbocycles. The number of carbonyl (C=O) groups is 1. The van der Waals surface area contributed by atoms with Gasteiger partial charge in [-0.3, -0.25) is 37.3 Å². The summed E-state index contributed by atoms with van der Waals surface area (Å²) >= 11 is 0. The second kappa shape index (κ2) is 16.2. The molecule has 16 N–H and O–H groups in total. The molecule has 45 heavy (non-hydrogen) atoms. The number of guanidine groups is 1. The Bertz CT molecular complexity index is 1090. The van der Waals surface area contributed by atoms with Gasteiger partial charge in [0, 0.05) is 7.05 Å². The van der Waals surface area contributed by atoms with Crippen molar-refractivity contribution in [2.45, 2.75) is 36.6 Å². The fourth-order valence-corrected chi connectivity index (χ4v) is 6.42. The molecule has 1 saturated carbocycles. The highest BCUT2D eigenvalue weighted by molar-refractivity contribution is 7.47. The van der Waals surface area contributed by atoms with Crippen LogP contribution in [0.5, 0.6) is 0 Å². The minimum Gasteiger partial charge on any atom is -0.480 e. The van der Waals surface area contributed by atoms with E-state index < -0.39 is 89.5 Å². The third-order valence-electron chi connectivity index (χ3n) is 4.28. The monoisotopic (exact) mass is 791 g/mol. The van der Waals surface area contributed by atoms with Crippen LogP contribution in [0.4, 0.5) is 0 Å². The second-order valence-electron chi connectivity index (χ2n) is 8.00. The van der Waals surface area contributed by atoms with E-state index in [4.69, 9.17) is 75.0 Å². The minimum atomic E-state index is -6.02. The Kier molecular flexibility index (Phi) is 16.0. The summed E-state index contributed by atoms with van der Waals surface area (Å²) in [6.07, 6.45) is -18.9. The van der Waals surface area contributed by atoms with E-state index in [-0.39, 0.29) is 12.5 Å². The van der Waals surface area contributed by atoms with Gasteiger partial charge in [-0.25, -0.2) is 27.4 Å². The van der Waals surface area contributed by atoms with Gasteiger partial charge in [0.05, 0.1) is 0 Å². The Labute approximate surface area is 248 Å². The number of carboxylic acids is 1. The molecule has 0 heterocycles. The first-order valence-electron chi connectivity index (χ1n) is 10.3. The van der Waals surface area contributed by atoms with Crippen LogP contribution in [0, 0.1) is 5.41 Å². The Hall–Kier alpha value is -0.600. The molecule has 0 atom stereocenters. The van der Waals surface area contributed by atoms with Gasteiger partial charge >= 0.3 is 52.9 Å². The number of aliphatic carboxylic acids is 1. The van der Waals surface area contributed by atoms with Gasteiger partial charge in [0.25, 0.3) is 0 Å². The molecule has 1 fully saturated rings. The number of hydrogen-bond donors (Lipinski definition) is 15. The van der Waals surface area contributed by atoms with Crippen LogP contribution in [0.15, 0.2) is 0 Å². The number of likely N-dealkylation sites (N-methyl/N-ethyl adjacent to an activating group) is 1. The smallest absolute Gasteiger partial charge is 0.470 e. The van der Waals surface area contributed by atoms with Crippen molar-refractivity contribution in [2.75, 3.05) is 13.6 Å². The van der Waals surface area contributed by atoms with Crippen molar-refractivity contribution in [2.24, 2.45) is 5.73 Å². The van der Waals surface area contributed by atoms with E-state index in [1.165, 1.54) is 7.05 Å². The van der Waals surface area contributed by atoms with Crippen molar-refractivity contribution in [3.05, 3.63) is 0 Å². The summed E-state index contributed by atoms with van der Waals surface area (Å²) in [6.45, 7) is -0.227. The van der Waals surface area contributed by atoms with E-state index in [2.05, 4.69) is 27.1 Å². The Morgan fingerprint density at radius 2 is 0.711 bits per heavy atom. The van der Waals surface area contributed by atoms with Crippen molar-refractivity contribution >= 4 is 58.9 Å². The third kappa shape index (κ3) is 19.7. The lowest BCUT2D eigenvalue weighted by atomic mass is 9.85. The predicted octanol–water partition coefficient (Wildman–Crippen LogP) is -4.24. The maximum atomic E-state index is 11.4. The van der Waals surface area contributed by atoms with Gasteiger partial charge in [-0.1, -0.05) is 0 Å². The molecule has 1 rings (SSSR count). The fourth-order valence-electron chi connectivity index (χ4n) is 3.08. The number of nitrogens with zero attached hydrogens (tertiary/aromatic N) is 1. The standard InChI is InChI=1S/C6H18O24P6.C4H9N3O2/c7-31(8,9)25-1-2(26-32(10,11)12)4(28-34(16,17)18)6(30-36(22,23)24)5(29-35(19,20)21)3(1)27-33(13,14)15;1-7(4(5)6)2-3(8)9/h1-6H,(H2,7,8,9)(H2,10,11,12)(H2,13,14,15)(H2,16,17,18)(H2,19,20,21)(H2,22,23,24);2H2,1H3,(H3,5,6)(H,8,9). The van der Waals surface area contributed by atoms with Crippen LogP contribution < -0.4 is 5.73 Å². The normalized spacial score (nSPS) is 25.2. The van der Waals surface area contributed by atoms with E-state index in [1.54, 1.807) is 0 Å². The largest absolute Gasteiger partial charge is 0.480 e. The lowest BCUT2D eigenvalue weighted by Gasteiger charge is -2.48. The van der Waals surface area contributed by atoms with Gasteiger partial charge in [-0.05, 0) is 0 Å². The summed E-state index contributed by atoms with van der Waals surface area (Å²) in [4.78, 5) is 121. The first kappa shape index (κ1) is 44.4. The summed E-state index contributed by atoms with van der Waals surface area (Å²) in [6, 6.07) is 0. The highest BCUT2D eigenvalue weighted by Gasteiger charge is 2.62. The van der Waals surface area contributed by atoms with Crippen LogP contribution in [0.2, 0.25) is 0 Å². The van der Waals surface area contributed by atoms with Crippen LogP contribution in [-0.2, 0) is 59.3 Å². The molecule has 29 nitrogen and oxygen atoms in total. The average molecular weight is 791 g/mol. The van der Waals surface area contributed by atoms with Crippen molar-refractivity contribution in [3.8, 4) is 0 Å². The molecule has 1 aliphatic rings. The third-order valence-corrected chi connectivity index (χ3v) is 7.39. The average Bonchev–Trinajstić information content (AvgIpc) is 2.70. The van der Waals surface area contributed by atoms with Gasteiger partial charge in [0.15, 0.2) is 5.96 Å². The predicted molar refractivity (Wildman–Crippen MR) is 134 cm³/mol. The highest BCUT2D eigenvalue weighted by Crippen LogP contribution is 2.57. The molecule has 0 unspecified atom stereocenters. The topological polar surface area (TPSA) is 491 Å². The van der Waals surface area contributed by atoms with E-state index in [9.17, 15) is 32.2 Å². The van der Waals surface area contributed by atoms with Gasteiger partial charge in [0.1, 0.15) is 43.2 Å². The van der Waals surface area contributed by atoms with Crippen LogP contribution in [0.1, 0.15) is 0 Å². The van der Waals surface area contributed by atoms with Crippen molar-refractivity contribution in [3.63, 3.8) is 0 Å². The minimum absolute atomic E-state index is 0.227. The first-order chi connectivity index (χ1) is 19.6. The zero-order chi connectivity index (χ0) is 36.1. The summed E-state index contributed by atoms with van der Waals surface area (Å²) in [5, 5.41) is 14.9. The summed E-state index contributed by atoms with van der Waals surface area (Å²) in [7, 11) is -34.7. The van der Waals surface area contributed by atoms with Crippen LogP contribution >= 0.6 is 46.9 Å². The summed E-state index contributed by atoms with van der Waals surface area (Å²) in [5.74, 6) is -1.23. The molecule has 35 heteroatoms. The van der Waals surface area contributed by atoms with Crippen molar-refractivity contribution in [1.29, 1.82) is 5.41 Å². The number of hydrogen-bond acceptors (Lipinski definition) is 14. The molecule has 0 aliphatic heterocycles. The first-order valence-corrected chi connectivity index (χ1v) is 19.5. The number of nitrogens with one attached hydrogen (secondary N) is 1. The summed E-state index contributed by atoms with van der Waals surface area (Å²) < 4.78 is 93.1. The molecule has 0 aromatic rings. The summed E-state index contributed by atoms with van der Waals surface area (Å²) in [5.41, 5.74) is 4.93. The molecule has 0 saturated heterocycles. The van der Waals surface area contributed by atoms with Gasteiger partial charge in [-0.2, -0.15) is 0 Å². The quantitative estimate of drug-likeness (QED) is 0.0450. The maximum absolute atomic E-state index is 11.4. The van der Waals surface area contributed by atoms with E-state index in [1.807, 2.05) is 0 Å². The molecule has 268 valence electrons. The SMILES string of the molecule is CN(CC(=O)O)C(=N)N.O=P(O)(O)OC1C(OP(=O)(O)O)C(OP(=O)(O)O)C(OP(=O)(O)O)C(OP(=O)(O)O)C1OP(=O)(O)O. The molecular weight excluding hydrogens is 764 g/mol. The van der Waals surface area contributed by atoms with E-state index >= 15 is 0 Å². The van der Waals surface area contributed by atoms with Crippen LogP contribution in [0.3, 0.4) is 0 Å². The molecule has 0 spiro atoms. The molecule has 0 aromatic heterocycles. The Morgan fingerprint density at radius 3 is 0.778 bits per heavy atom. The molecular formula is C10H27N3O26P6. The van der Waals surface area contributed by atoms with Crippen molar-refractivity contribution in [1.82, 2.24) is 4.90 Å². The zero-order valence-electron chi connectivity index (χ0n) is 21.5. The van der Waals surface area contributed by atoms with Crippen LogP contribution in [0.25, 0.3) is 0 Å². The fraction of sp³-hybridized carbons (Fsp3) is 0.800. The molecule has 0 aromatic carbocycles. The van der Waals surface area contributed by atoms with Gasteiger partial charge < -0.3 is 74.5 Å². The zero-order valence-corrected chi connectivity index (χ0v) is 26.9. The lowest BCUT2D eigenvalue weighted by molar-refractivity contribution is -0.202. The van der Waals surface area contributed by atoms with Gasteiger partial charge in [0.2, 0.25) is 0 Å². The lowest BCUT2D eigenvalue weighted by Crippen LogP contribution is -2.66. The Balaban J connectivity index is 0.00000186. The number of phosphoric ester groups is 6. The molecule has 0 bridgehead atoms. The number of rotatable bonds is 14. The van der Waals surface area contributed by atoms with Crippen LogP contribution in [-0.4, -0.2) is 131 Å². The van der Waals surface area contributed by atoms with E-state index in [0.29, 0.717) is 0 Å². The number of carboxylic acid groups (broad SMARTS) is 1. The highest BCUT2D eigenvalue weighted by atomic mass is 31.2. The Morgan fingerprint density at radius 1 is 0.556 bits per heavy atom. The molecule has 0 amide bonds.